The summed E-state index contributed by atoms with van der Waals surface area (Å²) in [6.07, 6.45) is 4.04. The maximum Gasteiger partial charge on any atom is 0.295 e. The molecule has 0 bridgehead atoms. The Labute approximate surface area is 183 Å². The van der Waals surface area contributed by atoms with E-state index in [0.29, 0.717) is 23.4 Å². The number of rotatable bonds is 8. The fourth-order valence-electron chi connectivity index (χ4n) is 3.72. The van der Waals surface area contributed by atoms with Crippen molar-refractivity contribution in [3.05, 3.63) is 65.5 Å². The van der Waals surface area contributed by atoms with Crippen molar-refractivity contribution >= 4 is 17.4 Å². The summed E-state index contributed by atoms with van der Waals surface area (Å²) in [7, 11) is 4.08. The van der Waals surface area contributed by atoms with Crippen LogP contribution in [0.3, 0.4) is 0 Å². The lowest BCUT2D eigenvalue weighted by Crippen LogP contribution is -3.05. The molecule has 2 N–H and O–H groups in total. The average molecular weight is 425 g/mol. The van der Waals surface area contributed by atoms with E-state index in [1.165, 1.54) is 4.90 Å². The highest BCUT2D eigenvalue weighted by molar-refractivity contribution is 6.46. The Morgan fingerprint density at radius 1 is 1.19 bits per heavy atom. The van der Waals surface area contributed by atoms with Crippen LogP contribution < -0.4 is 9.64 Å². The Morgan fingerprint density at radius 3 is 2.48 bits per heavy atom. The fraction of sp³-hybridized carbons (Fsp3) is 0.375. The van der Waals surface area contributed by atoms with E-state index in [4.69, 9.17) is 4.74 Å². The van der Waals surface area contributed by atoms with Crippen molar-refractivity contribution in [2.24, 2.45) is 0 Å². The summed E-state index contributed by atoms with van der Waals surface area (Å²) in [5.74, 6) is -0.791. The van der Waals surface area contributed by atoms with Crippen LogP contribution in [-0.4, -0.2) is 60.0 Å². The molecule has 1 aliphatic heterocycles. The number of aromatic nitrogens is 1. The number of likely N-dealkylation sites (tertiary alicyclic amines) is 1. The number of pyridine rings is 1. The smallest absolute Gasteiger partial charge is 0.295 e. The maximum absolute atomic E-state index is 13.0. The predicted molar refractivity (Wildman–Crippen MR) is 118 cm³/mol. The van der Waals surface area contributed by atoms with E-state index >= 15 is 0 Å². The van der Waals surface area contributed by atoms with Crippen molar-refractivity contribution in [2.45, 2.75) is 32.4 Å². The number of aliphatic hydroxyl groups excluding tert-OH is 1. The molecule has 3 rings (SSSR count). The van der Waals surface area contributed by atoms with Gasteiger partial charge in [0, 0.05) is 30.9 Å². The third-order valence-electron chi connectivity index (χ3n) is 5.12. The number of nitrogens with zero attached hydrogens (tertiary/aromatic N) is 2. The number of nitrogens with one attached hydrogen (secondary N) is 1. The zero-order valence-corrected chi connectivity index (χ0v) is 18.5. The molecular weight excluding hydrogens is 394 g/mol. The number of benzene rings is 1. The highest BCUT2D eigenvalue weighted by Gasteiger charge is 2.45. The second-order valence-electron chi connectivity index (χ2n) is 8.28. The molecule has 1 saturated heterocycles. The minimum absolute atomic E-state index is 0.0272. The number of aliphatic hydroxyl groups is 1. The van der Waals surface area contributed by atoms with Gasteiger partial charge < -0.3 is 19.6 Å². The van der Waals surface area contributed by atoms with Gasteiger partial charge in [0.1, 0.15) is 11.5 Å². The molecule has 31 heavy (non-hydrogen) atoms. The van der Waals surface area contributed by atoms with Crippen LogP contribution >= 0.6 is 0 Å². The molecule has 1 aromatic heterocycles. The first-order valence-corrected chi connectivity index (χ1v) is 10.5. The van der Waals surface area contributed by atoms with Crippen molar-refractivity contribution in [1.82, 2.24) is 9.88 Å². The largest absolute Gasteiger partial charge is 0.507 e. The molecule has 7 heteroatoms. The van der Waals surface area contributed by atoms with E-state index in [9.17, 15) is 14.7 Å². The first-order valence-electron chi connectivity index (χ1n) is 10.5. The van der Waals surface area contributed by atoms with Crippen molar-refractivity contribution in [3.8, 4) is 5.75 Å². The monoisotopic (exact) mass is 424 g/mol. The van der Waals surface area contributed by atoms with Crippen LogP contribution in [0.15, 0.2) is 54.4 Å². The molecule has 1 aliphatic rings. The SMILES string of the molecule is CC(C)Oc1ccc(C(O)=C2C(=O)C(=O)N(CCC[NH+](C)C)[C@H]2c2cccnc2)cc1. The van der Waals surface area contributed by atoms with Gasteiger partial charge in [-0.15, -0.1) is 0 Å². The molecular formula is C24H30N3O4+. The summed E-state index contributed by atoms with van der Waals surface area (Å²) in [6, 6.07) is 9.77. The van der Waals surface area contributed by atoms with Gasteiger partial charge in [0.25, 0.3) is 11.7 Å². The number of ketones is 1. The Kier molecular flexibility index (Phi) is 7.07. The van der Waals surface area contributed by atoms with E-state index in [0.717, 1.165) is 13.0 Å². The molecule has 0 unspecified atom stereocenters. The molecule has 0 spiro atoms. The van der Waals surface area contributed by atoms with Gasteiger partial charge in [-0.1, -0.05) is 6.07 Å². The predicted octanol–water partition coefficient (Wildman–Crippen LogP) is 1.83. The minimum Gasteiger partial charge on any atom is -0.507 e. The lowest BCUT2D eigenvalue weighted by molar-refractivity contribution is -0.858. The number of carbonyl (C=O) groups excluding carboxylic acids is 2. The summed E-state index contributed by atoms with van der Waals surface area (Å²) in [4.78, 5) is 32.8. The minimum atomic E-state index is -0.675. The maximum atomic E-state index is 13.0. The van der Waals surface area contributed by atoms with E-state index in [2.05, 4.69) is 4.98 Å². The van der Waals surface area contributed by atoms with Crippen molar-refractivity contribution < 1.29 is 24.3 Å². The number of carbonyl (C=O) groups is 2. The number of hydrogen-bond acceptors (Lipinski definition) is 5. The summed E-state index contributed by atoms with van der Waals surface area (Å²) in [6.45, 7) is 5.15. The normalized spacial score (nSPS) is 18.3. The molecule has 1 aromatic carbocycles. The van der Waals surface area contributed by atoms with Crippen LogP contribution in [0.1, 0.15) is 37.4 Å². The second kappa shape index (κ2) is 9.75. The molecule has 2 heterocycles. The van der Waals surface area contributed by atoms with E-state index in [1.54, 1.807) is 47.6 Å². The molecule has 1 amide bonds. The van der Waals surface area contributed by atoms with E-state index in [1.807, 2.05) is 34.0 Å². The summed E-state index contributed by atoms with van der Waals surface area (Å²) in [5, 5.41) is 11.1. The molecule has 7 nitrogen and oxygen atoms in total. The summed E-state index contributed by atoms with van der Waals surface area (Å²) >= 11 is 0. The first kappa shape index (κ1) is 22.5. The number of Topliss-reactive ketones (excluding diaryl/α,β-unsaturated/α-hetero) is 1. The Bertz CT molecular complexity index is 953. The van der Waals surface area contributed by atoms with Crippen LogP contribution in [0.5, 0.6) is 5.75 Å². The topological polar surface area (TPSA) is 84.2 Å². The van der Waals surface area contributed by atoms with Crippen LogP contribution in [0.25, 0.3) is 5.76 Å². The Hall–Kier alpha value is -3.19. The molecule has 1 atom stereocenters. The highest BCUT2D eigenvalue weighted by atomic mass is 16.5. The van der Waals surface area contributed by atoms with E-state index in [-0.39, 0.29) is 17.4 Å². The third kappa shape index (κ3) is 5.11. The van der Waals surface area contributed by atoms with Gasteiger partial charge in [0.15, 0.2) is 0 Å². The molecule has 0 aliphatic carbocycles. The molecule has 2 aromatic rings. The zero-order chi connectivity index (χ0) is 22.5. The van der Waals surface area contributed by atoms with Gasteiger partial charge in [-0.05, 0) is 49.7 Å². The van der Waals surface area contributed by atoms with Gasteiger partial charge in [0.05, 0.1) is 38.4 Å². The summed E-state index contributed by atoms with van der Waals surface area (Å²) in [5.41, 5.74) is 1.24. The number of ether oxygens (including phenoxy) is 1. The molecule has 0 saturated carbocycles. The third-order valence-corrected chi connectivity index (χ3v) is 5.12. The van der Waals surface area contributed by atoms with Gasteiger partial charge in [-0.2, -0.15) is 0 Å². The molecule has 0 radical (unpaired) electrons. The van der Waals surface area contributed by atoms with Crippen molar-refractivity contribution in [2.75, 3.05) is 27.2 Å². The number of amides is 1. The van der Waals surface area contributed by atoms with Gasteiger partial charge in [0.2, 0.25) is 0 Å². The van der Waals surface area contributed by atoms with Gasteiger partial charge in [-0.25, -0.2) is 0 Å². The lowest BCUT2D eigenvalue weighted by Gasteiger charge is -2.25. The van der Waals surface area contributed by atoms with Crippen LogP contribution in [0.4, 0.5) is 0 Å². The number of quaternary nitrogens is 1. The van der Waals surface area contributed by atoms with Crippen LogP contribution in [0.2, 0.25) is 0 Å². The Morgan fingerprint density at radius 2 is 1.90 bits per heavy atom. The van der Waals surface area contributed by atoms with Crippen LogP contribution in [-0.2, 0) is 9.59 Å². The average Bonchev–Trinajstić information content (AvgIpc) is 2.99. The molecule has 1 fully saturated rings. The van der Waals surface area contributed by atoms with Crippen molar-refractivity contribution in [1.29, 1.82) is 0 Å². The van der Waals surface area contributed by atoms with Gasteiger partial charge >= 0.3 is 0 Å². The van der Waals surface area contributed by atoms with Crippen LogP contribution in [0, 0.1) is 0 Å². The second-order valence-corrected chi connectivity index (χ2v) is 8.28. The Balaban J connectivity index is 2.01. The number of hydrogen-bond donors (Lipinski definition) is 2. The summed E-state index contributed by atoms with van der Waals surface area (Å²) < 4.78 is 5.65. The molecule has 164 valence electrons. The highest BCUT2D eigenvalue weighted by Crippen LogP contribution is 2.39. The zero-order valence-electron chi connectivity index (χ0n) is 18.5. The first-order chi connectivity index (χ1) is 14.8. The lowest BCUT2D eigenvalue weighted by atomic mass is 9.96. The standard InChI is InChI=1S/C24H29N3O4/c1-16(2)31-19-10-8-17(9-11-19)22(28)20-21(18-7-5-12-25-15-18)27(24(30)23(20)29)14-6-13-26(3)4/h5,7-12,15-16,21,28H,6,13-14H2,1-4H3/p+1/t21-/m0/s1. The quantitative estimate of drug-likeness (QED) is 0.384. The van der Waals surface area contributed by atoms with Gasteiger partial charge in [-0.3, -0.25) is 14.6 Å². The fourth-order valence-corrected chi connectivity index (χ4v) is 3.72. The van der Waals surface area contributed by atoms with E-state index < -0.39 is 17.7 Å². The van der Waals surface area contributed by atoms with Crippen molar-refractivity contribution in [3.63, 3.8) is 0 Å².